The van der Waals surface area contributed by atoms with Crippen LogP contribution in [0.2, 0.25) is 0 Å². The predicted octanol–water partition coefficient (Wildman–Crippen LogP) is 3.47. The van der Waals surface area contributed by atoms with Crippen molar-refractivity contribution in [2.45, 2.75) is 33.6 Å². The second-order valence-corrected chi connectivity index (χ2v) is 5.83. The molecule has 0 unspecified atom stereocenters. The van der Waals surface area contributed by atoms with Crippen LogP contribution < -0.4 is 5.32 Å². The van der Waals surface area contributed by atoms with Crippen LogP contribution in [0.5, 0.6) is 0 Å². The first-order valence-electron chi connectivity index (χ1n) is 6.67. The molecule has 1 aromatic carbocycles. The molecule has 4 nitrogen and oxygen atoms in total. The highest BCUT2D eigenvalue weighted by molar-refractivity contribution is 7.99. The van der Waals surface area contributed by atoms with E-state index >= 15 is 0 Å². The lowest BCUT2D eigenvalue weighted by molar-refractivity contribution is -0.113. The number of hydrogen-bond donors (Lipinski definition) is 2. The topological polar surface area (TPSA) is 66.4 Å². The minimum atomic E-state index is -0.973. The monoisotopic (exact) mass is 295 g/mol. The standard InChI is InChI=1S/C15H21NO3S/c1-4-5-6-20-9-14(17)16-12-7-10(2)11(3)13(8-12)15(18)19/h7-8H,4-6,9H2,1-3H3,(H,16,17)(H,18,19). The first-order chi connectivity index (χ1) is 9.45. The third-order valence-corrected chi connectivity index (χ3v) is 4.10. The maximum Gasteiger partial charge on any atom is 0.336 e. The molecule has 0 radical (unpaired) electrons. The average Bonchev–Trinajstić information content (AvgIpc) is 2.38. The Hall–Kier alpha value is -1.49. The van der Waals surface area contributed by atoms with Crippen LogP contribution in [-0.4, -0.2) is 28.5 Å². The Kier molecular flexibility index (Phi) is 6.58. The molecule has 0 heterocycles. The van der Waals surface area contributed by atoms with Gasteiger partial charge in [0.15, 0.2) is 0 Å². The lowest BCUT2D eigenvalue weighted by Gasteiger charge is -2.10. The fourth-order valence-corrected chi connectivity index (χ4v) is 2.66. The summed E-state index contributed by atoms with van der Waals surface area (Å²) in [6.07, 6.45) is 2.22. The summed E-state index contributed by atoms with van der Waals surface area (Å²) >= 11 is 1.59. The normalized spacial score (nSPS) is 10.3. The number of carbonyl (C=O) groups excluding carboxylic acids is 1. The Morgan fingerprint density at radius 1 is 1.30 bits per heavy atom. The Morgan fingerprint density at radius 2 is 2.00 bits per heavy atom. The van der Waals surface area contributed by atoms with Crippen molar-refractivity contribution in [2.24, 2.45) is 0 Å². The van der Waals surface area contributed by atoms with Gasteiger partial charge in [0.05, 0.1) is 11.3 Å². The van der Waals surface area contributed by atoms with Gasteiger partial charge in [-0.1, -0.05) is 13.3 Å². The Bertz CT molecular complexity index is 500. The quantitative estimate of drug-likeness (QED) is 0.756. The average molecular weight is 295 g/mol. The number of unbranched alkanes of at least 4 members (excludes halogenated alkanes) is 1. The largest absolute Gasteiger partial charge is 0.478 e. The van der Waals surface area contributed by atoms with Crippen LogP contribution >= 0.6 is 11.8 Å². The van der Waals surface area contributed by atoms with Crippen molar-refractivity contribution in [2.75, 3.05) is 16.8 Å². The van der Waals surface area contributed by atoms with Gasteiger partial charge >= 0.3 is 5.97 Å². The fraction of sp³-hybridized carbons (Fsp3) is 0.467. The van der Waals surface area contributed by atoms with E-state index < -0.39 is 5.97 Å². The summed E-state index contributed by atoms with van der Waals surface area (Å²) < 4.78 is 0. The van der Waals surface area contributed by atoms with Gasteiger partial charge in [0.1, 0.15) is 0 Å². The number of hydrogen-bond acceptors (Lipinski definition) is 3. The SMILES string of the molecule is CCCCSCC(=O)Nc1cc(C)c(C)c(C(=O)O)c1. The zero-order valence-corrected chi connectivity index (χ0v) is 13.0. The van der Waals surface area contributed by atoms with Gasteiger partial charge in [-0.05, 0) is 49.3 Å². The number of thioether (sulfide) groups is 1. The number of carboxylic acids is 1. The molecule has 110 valence electrons. The minimum Gasteiger partial charge on any atom is -0.478 e. The number of rotatable bonds is 7. The number of aryl methyl sites for hydroxylation is 1. The minimum absolute atomic E-state index is 0.0919. The van der Waals surface area contributed by atoms with Gasteiger partial charge in [-0.3, -0.25) is 4.79 Å². The van der Waals surface area contributed by atoms with E-state index in [1.807, 2.05) is 6.92 Å². The Morgan fingerprint density at radius 3 is 2.60 bits per heavy atom. The summed E-state index contributed by atoms with van der Waals surface area (Å²) in [6, 6.07) is 3.32. The van der Waals surface area contributed by atoms with Crippen molar-refractivity contribution in [3.8, 4) is 0 Å². The molecular weight excluding hydrogens is 274 g/mol. The van der Waals surface area contributed by atoms with Gasteiger partial charge in [-0.15, -0.1) is 0 Å². The van der Waals surface area contributed by atoms with Gasteiger partial charge in [0.25, 0.3) is 0 Å². The number of nitrogens with one attached hydrogen (secondary N) is 1. The maximum absolute atomic E-state index is 11.8. The van der Waals surface area contributed by atoms with Gasteiger partial charge in [0.2, 0.25) is 5.91 Å². The zero-order valence-electron chi connectivity index (χ0n) is 12.2. The van der Waals surface area contributed by atoms with Gasteiger partial charge < -0.3 is 10.4 Å². The summed E-state index contributed by atoms with van der Waals surface area (Å²) in [5.74, 6) is 0.303. The van der Waals surface area contributed by atoms with E-state index in [0.717, 1.165) is 29.7 Å². The van der Waals surface area contributed by atoms with Crippen molar-refractivity contribution in [1.82, 2.24) is 0 Å². The van der Waals surface area contributed by atoms with Gasteiger partial charge in [-0.25, -0.2) is 4.79 Å². The van der Waals surface area contributed by atoms with E-state index in [-0.39, 0.29) is 11.5 Å². The van der Waals surface area contributed by atoms with Crippen LogP contribution in [0.4, 0.5) is 5.69 Å². The van der Waals surface area contributed by atoms with Crippen molar-refractivity contribution in [3.05, 3.63) is 28.8 Å². The summed E-state index contributed by atoms with van der Waals surface area (Å²) in [6.45, 7) is 5.72. The molecule has 1 amide bonds. The van der Waals surface area contributed by atoms with E-state index in [4.69, 9.17) is 5.11 Å². The summed E-state index contributed by atoms with van der Waals surface area (Å²) in [5.41, 5.74) is 2.37. The second kappa shape index (κ2) is 7.94. The first kappa shape index (κ1) is 16.6. The maximum atomic E-state index is 11.8. The van der Waals surface area contributed by atoms with Crippen LogP contribution in [0, 0.1) is 13.8 Å². The van der Waals surface area contributed by atoms with Crippen LogP contribution in [0.25, 0.3) is 0 Å². The molecule has 0 atom stereocenters. The van der Waals surface area contributed by atoms with E-state index in [0.29, 0.717) is 11.4 Å². The van der Waals surface area contributed by atoms with Crippen molar-refractivity contribution in [3.63, 3.8) is 0 Å². The molecule has 0 saturated heterocycles. The summed E-state index contributed by atoms with van der Waals surface area (Å²) in [4.78, 5) is 22.9. The number of carbonyl (C=O) groups is 2. The van der Waals surface area contributed by atoms with Gasteiger partial charge in [0, 0.05) is 5.69 Å². The molecule has 20 heavy (non-hydrogen) atoms. The van der Waals surface area contributed by atoms with Crippen molar-refractivity contribution >= 4 is 29.3 Å². The van der Waals surface area contributed by atoms with E-state index in [2.05, 4.69) is 12.2 Å². The lowest BCUT2D eigenvalue weighted by atomic mass is 10.0. The molecule has 0 fully saturated rings. The van der Waals surface area contributed by atoms with Crippen LogP contribution in [0.15, 0.2) is 12.1 Å². The van der Waals surface area contributed by atoms with E-state index in [9.17, 15) is 9.59 Å². The molecule has 0 bridgehead atoms. The van der Waals surface area contributed by atoms with Crippen molar-refractivity contribution < 1.29 is 14.7 Å². The number of benzene rings is 1. The smallest absolute Gasteiger partial charge is 0.336 e. The Labute approximate surface area is 124 Å². The molecule has 0 aromatic heterocycles. The molecule has 1 rings (SSSR count). The molecular formula is C15H21NO3S. The summed E-state index contributed by atoms with van der Waals surface area (Å²) in [7, 11) is 0. The van der Waals surface area contributed by atoms with Crippen molar-refractivity contribution in [1.29, 1.82) is 0 Å². The molecule has 1 aromatic rings. The number of amides is 1. The number of carboxylic acid groups (broad SMARTS) is 1. The lowest BCUT2D eigenvalue weighted by Crippen LogP contribution is -2.15. The highest BCUT2D eigenvalue weighted by Crippen LogP contribution is 2.20. The highest BCUT2D eigenvalue weighted by atomic mass is 32.2. The van der Waals surface area contributed by atoms with Crippen LogP contribution in [0.3, 0.4) is 0 Å². The van der Waals surface area contributed by atoms with Crippen LogP contribution in [-0.2, 0) is 4.79 Å². The molecule has 2 N–H and O–H groups in total. The third kappa shape index (κ3) is 4.89. The van der Waals surface area contributed by atoms with E-state index in [1.54, 1.807) is 24.8 Å². The number of aromatic carboxylic acids is 1. The molecule has 0 saturated carbocycles. The summed E-state index contributed by atoms with van der Waals surface area (Å²) in [5, 5.41) is 11.9. The predicted molar refractivity (Wildman–Crippen MR) is 83.7 cm³/mol. The second-order valence-electron chi connectivity index (χ2n) is 4.73. The molecule has 0 aliphatic heterocycles. The van der Waals surface area contributed by atoms with E-state index in [1.165, 1.54) is 6.07 Å². The Balaban J connectivity index is 2.68. The zero-order chi connectivity index (χ0) is 15.1. The molecule has 0 spiro atoms. The fourth-order valence-electron chi connectivity index (χ4n) is 1.76. The first-order valence-corrected chi connectivity index (χ1v) is 7.83. The van der Waals surface area contributed by atoms with Crippen LogP contribution in [0.1, 0.15) is 41.3 Å². The highest BCUT2D eigenvalue weighted by Gasteiger charge is 2.12. The molecule has 0 aliphatic rings. The molecule has 0 aliphatic carbocycles. The van der Waals surface area contributed by atoms with Gasteiger partial charge in [-0.2, -0.15) is 11.8 Å². The number of anilines is 1. The molecule has 5 heteroatoms. The third-order valence-electron chi connectivity index (χ3n) is 3.06.